The minimum atomic E-state index is -3.07. The Balaban J connectivity index is 2.39. The summed E-state index contributed by atoms with van der Waals surface area (Å²) in [5.41, 5.74) is -0.496. The number of sulfonamides is 1. The summed E-state index contributed by atoms with van der Waals surface area (Å²) in [7, 11) is -3.07. The smallest absolute Gasteiger partial charge is 0.211 e. The zero-order chi connectivity index (χ0) is 15.2. The zero-order valence-electron chi connectivity index (χ0n) is 12.7. The first-order valence-corrected chi connectivity index (χ1v) is 8.99. The number of hydrogen-bond acceptors (Lipinski definition) is 5. The van der Waals surface area contributed by atoms with Crippen molar-refractivity contribution < 1.29 is 8.42 Å². The van der Waals surface area contributed by atoms with E-state index in [9.17, 15) is 13.7 Å². The van der Waals surface area contributed by atoms with Crippen LogP contribution in [-0.4, -0.2) is 68.7 Å². The van der Waals surface area contributed by atoms with Crippen LogP contribution in [-0.2, 0) is 10.0 Å². The quantitative estimate of drug-likeness (QED) is 0.729. The summed E-state index contributed by atoms with van der Waals surface area (Å²) in [6.45, 7) is 8.23. The average Bonchev–Trinajstić information content (AvgIpc) is 2.42. The monoisotopic (exact) mass is 302 g/mol. The summed E-state index contributed by atoms with van der Waals surface area (Å²) >= 11 is 0. The van der Waals surface area contributed by atoms with Crippen molar-refractivity contribution in [2.45, 2.75) is 32.2 Å². The molecule has 0 spiro atoms. The molecule has 1 fully saturated rings. The van der Waals surface area contributed by atoms with E-state index in [1.165, 1.54) is 10.6 Å². The Bertz CT molecular complexity index is 438. The van der Waals surface area contributed by atoms with Gasteiger partial charge in [-0.1, -0.05) is 6.92 Å². The Morgan fingerprint density at radius 1 is 1.30 bits per heavy atom. The van der Waals surface area contributed by atoms with Gasteiger partial charge in [-0.3, -0.25) is 5.32 Å². The highest BCUT2D eigenvalue weighted by molar-refractivity contribution is 7.88. The van der Waals surface area contributed by atoms with Gasteiger partial charge in [0.15, 0.2) is 0 Å². The third kappa shape index (κ3) is 5.37. The van der Waals surface area contributed by atoms with Crippen LogP contribution >= 0.6 is 0 Å². The van der Waals surface area contributed by atoms with Crippen molar-refractivity contribution >= 4 is 10.0 Å². The predicted octanol–water partition coefficient (Wildman–Crippen LogP) is 0.236. The van der Waals surface area contributed by atoms with Gasteiger partial charge in [-0.15, -0.1) is 0 Å². The van der Waals surface area contributed by atoms with E-state index in [-0.39, 0.29) is 0 Å². The first-order chi connectivity index (χ1) is 9.30. The maximum absolute atomic E-state index is 11.4. The largest absolute Gasteiger partial charge is 0.301 e. The molecule has 1 saturated heterocycles. The van der Waals surface area contributed by atoms with Gasteiger partial charge in [0, 0.05) is 32.7 Å². The van der Waals surface area contributed by atoms with Gasteiger partial charge in [-0.25, -0.2) is 8.42 Å². The fraction of sp³-hybridized carbons (Fsp3) is 0.923. The Morgan fingerprint density at radius 2 is 1.90 bits per heavy atom. The van der Waals surface area contributed by atoms with Gasteiger partial charge < -0.3 is 4.90 Å². The molecule has 0 radical (unpaired) electrons. The lowest BCUT2D eigenvalue weighted by Gasteiger charge is -2.34. The van der Waals surface area contributed by atoms with Crippen molar-refractivity contribution in [2.24, 2.45) is 0 Å². The highest BCUT2D eigenvalue weighted by atomic mass is 32.2. The molecule has 6 nitrogen and oxygen atoms in total. The van der Waals surface area contributed by atoms with Crippen LogP contribution in [0.3, 0.4) is 0 Å². The van der Waals surface area contributed by atoms with E-state index in [0.717, 1.165) is 39.0 Å². The fourth-order valence-electron chi connectivity index (χ4n) is 2.25. The van der Waals surface area contributed by atoms with Gasteiger partial charge in [0.1, 0.15) is 5.54 Å². The molecule has 0 aromatic heterocycles. The number of hydrogen-bond donors (Lipinski definition) is 1. The molecule has 1 aliphatic rings. The van der Waals surface area contributed by atoms with Crippen LogP contribution in [0, 0.1) is 11.3 Å². The summed E-state index contributed by atoms with van der Waals surface area (Å²) in [6.07, 6.45) is 3.01. The van der Waals surface area contributed by atoms with Crippen LogP contribution < -0.4 is 5.32 Å². The van der Waals surface area contributed by atoms with Crippen LogP contribution in [0.1, 0.15) is 26.7 Å². The minimum Gasteiger partial charge on any atom is -0.301 e. The molecule has 0 aromatic carbocycles. The average molecular weight is 302 g/mol. The lowest BCUT2D eigenvalue weighted by Crippen LogP contribution is -2.50. The molecule has 116 valence electrons. The van der Waals surface area contributed by atoms with E-state index in [0.29, 0.717) is 13.1 Å². The predicted molar refractivity (Wildman–Crippen MR) is 79.8 cm³/mol. The SMILES string of the molecule is CCCNC(C)(C#N)CCN1CCN(S(C)(=O)=O)CC1. The maximum Gasteiger partial charge on any atom is 0.211 e. The summed E-state index contributed by atoms with van der Waals surface area (Å²) in [6, 6.07) is 2.34. The normalized spacial score (nSPS) is 21.3. The second-order valence-electron chi connectivity index (χ2n) is 5.62. The van der Waals surface area contributed by atoms with E-state index in [1.54, 1.807) is 0 Å². The Labute approximate surface area is 122 Å². The maximum atomic E-state index is 11.4. The van der Waals surface area contributed by atoms with E-state index in [4.69, 9.17) is 0 Å². The molecular weight excluding hydrogens is 276 g/mol. The molecule has 0 aromatic rings. The Hall–Kier alpha value is -0.680. The van der Waals surface area contributed by atoms with Crippen LogP contribution in [0.15, 0.2) is 0 Å². The van der Waals surface area contributed by atoms with Crippen molar-refractivity contribution in [1.29, 1.82) is 5.26 Å². The zero-order valence-corrected chi connectivity index (χ0v) is 13.5. The lowest BCUT2D eigenvalue weighted by atomic mass is 9.99. The molecule has 1 heterocycles. The summed E-state index contributed by atoms with van der Waals surface area (Å²) in [5.74, 6) is 0. The van der Waals surface area contributed by atoms with Gasteiger partial charge in [-0.05, 0) is 26.3 Å². The van der Waals surface area contributed by atoms with Crippen molar-refractivity contribution in [3.8, 4) is 6.07 Å². The first-order valence-electron chi connectivity index (χ1n) is 7.14. The van der Waals surface area contributed by atoms with Gasteiger partial charge in [-0.2, -0.15) is 9.57 Å². The molecule has 1 unspecified atom stereocenters. The summed E-state index contributed by atoms with van der Waals surface area (Å²) in [5, 5.41) is 12.5. The Morgan fingerprint density at radius 3 is 2.35 bits per heavy atom. The van der Waals surface area contributed by atoms with Crippen LogP contribution in [0.4, 0.5) is 0 Å². The van der Waals surface area contributed by atoms with Crippen LogP contribution in [0.2, 0.25) is 0 Å². The minimum absolute atomic E-state index is 0.496. The number of nitriles is 1. The van der Waals surface area contributed by atoms with Gasteiger partial charge >= 0.3 is 0 Å². The third-order valence-electron chi connectivity index (χ3n) is 3.74. The fourth-order valence-corrected chi connectivity index (χ4v) is 3.08. The van der Waals surface area contributed by atoms with Gasteiger partial charge in [0.2, 0.25) is 10.0 Å². The number of nitrogens with zero attached hydrogens (tertiary/aromatic N) is 3. The molecule has 1 aliphatic heterocycles. The summed E-state index contributed by atoms with van der Waals surface area (Å²) in [4.78, 5) is 2.23. The first kappa shape index (κ1) is 17.4. The molecule has 1 rings (SSSR count). The molecule has 0 bridgehead atoms. The van der Waals surface area contributed by atoms with Crippen molar-refractivity contribution in [1.82, 2.24) is 14.5 Å². The Kier molecular flexibility index (Phi) is 6.40. The number of rotatable bonds is 7. The van der Waals surface area contributed by atoms with Gasteiger partial charge in [0.05, 0.1) is 12.3 Å². The lowest BCUT2D eigenvalue weighted by molar-refractivity contribution is 0.176. The number of nitrogens with one attached hydrogen (secondary N) is 1. The molecule has 7 heteroatoms. The summed E-state index contributed by atoms with van der Waals surface area (Å²) < 4.78 is 24.4. The molecule has 0 amide bonds. The standard InChI is InChI=1S/C13H26N4O2S/c1-4-6-15-13(2,12-14)5-7-16-8-10-17(11-9-16)20(3,18)19/h15H,4-11H2,1-3H3. The molecule has 1 N–H and O–H groups in total. The molecule has 0 aliphatic carbocycles. The molecule has 20 heavy (non-hydrogen) atoms. The molecule has 0 saturated carbocycles. The third-order valence-corrected chi connectivity index (χ3v) is 5.04. The highest BCUT2D eigenvalue weighted by Crippen LogP contribution is 2.12. The van der Waals surface area contributed by atoms with Crippen molar-refractivity contribution in [3.63, 3.8) is 0 Å². The van der Waals surface area contributed by atoms with Crippen LogP contribution in [0.5, 0.6) is 0 Å². The topological polar surface area (TPSA) is 76.4 Å². The second kappa shape index (κ2) is 7.36. The molecule has 1 atom stereocenters. The van der Waals surface area contributed by atoms with E-state index in [1.807, 2.05) is 6.92 Å². The van der Waals surface area contributed by atoms with Crippen molar-refractivity contribution in [3.05, 3.63) is 0 Å². The van der Waals surface area contributed by atoms with E-state index < -0.39 is 15.6 Å². The van der Waals surface area contributed by atoms with E-state index in [2.05, 4.69) is 23.2 Å². The molecular formula is C13H26N4O2S. The van der Waals surface area contributed by atoms with Crippen molar-refractivity contribution in [2.75, 3.05) is 45.5 Å². The number of piperazine rings is 1. The van der Waals surface area contributed by atoms with Gasteiger partial charge in [0.25, 0.3) is 0 Å². The van der Waals surface area contributed by atoms with Crippen LogP contribution in [0.25, 0.3) is 0 Å². The highest BCUT2D eigenvalue weighted by Gasteiger charge is 2.27. The second-order valence-corrected chi connectivity index (χ2v) is 7.61. The van der Waals surface area contributed by atoms with E-state index >= 15 is 0 Å².